The van der Waals surface area contributed by atoms with Gasteiger partial charge in [0.2, 0.25) is 11.8 Å². The van der Waals surface area contributed by atoms with Crippen molar-refractivity contribution in [2.45, 2.75) is 76.7 Å². The van der Waals surface area contributed by atoms with Gasteiger partial charge in [-0.2, -0.15) is 0 Å². The first-order chi connectivity index (χ1) is 14.9. The Hall–Kier alpha value is -2.97. The molecule has 1 aliphatic carbocycles. The van der Waals surface area contributed by atoms with Crippen LogP contribution in [0.25, 0.3) is 0 Å². The van der Waals surface area contributed by atoms with E-state index in [4.69, 9.17) is 5.11 Å². The van der Waals surface area contributed by atoms with Gasteiger partial charge in [-0.1, -0.05) is 25.7 Å². The van der Waals surface area contributed by atoms with E-state index in [1.54, 1.807) is 6.08 Å². The van der Waals surface area contributed by atoms with Gasteiger partial charge in [0.15, 0.2) is 0 Å². The van der Waals surface area contributed by atoms with Gasteiger partial charge in [-0.3, -0.25) is 34.2 Å². The summed E-state index contributed by atoms with van der Waals surface area (Å²) in [5.41, 5.74) is 1.70. The highest BCUT2D eigenvalue weighted by Crippen LogP contribution is 2.33. The maximum atomic E-state index is 12.8. The number of aliphatic carboxylic acids is 1. The molecule has 0 saturated carbocycles. The van der Waals surface area contributed by atoms with Crippen molar-refractivity contribution >= 4 is 29.6 Å². The van der Waals surface area contributed by atoms with Gasteiger partial charge in [0, 0.05) is 30.7 Å². The normalized spacial score (nSPS) is 21.2. The summed E-state index contributed by atoms with van der Waals surface area (Å²) in [7, 11) is 0. The number of carbonyl (C=O) groups is 5. The van der Waals surface area contributed by atoms with Crippen LogP contribution in [0.15, 0.2) is 22.9 Å². The average molecular weight is 431 g/mol. The number of carboxylic acids is 1. The zero-order valence-corrected chi connectivity index (χ0v) is 17.6. The number of carbonyl (C=O) groups excluding carboxylic acids is 4. The molecule has 2 heterocycles. The van der Waals surface area contributed by atoms with Gasteiger partial charge < -0.3 is 10.4 Å². The molecular weight excluding hydrogens is 402 g/mol. The predicted molar refractivity (Wildman–Crippen MR) is 110 cm³/mol. The van der Waals surface area contributed by atoms with E-state index >= 15 is 0 Å². The monoisotopic (exact) mass is 431 g/mol. The Morgan fingerprint density at radius 1 is 1.00 bits per heavy atom. The Morgan fingerprint density at radius 2 is 1.71 bits per heavy atom. The molecule has 9 nitrogen and oxygen atoms in total. The summed E-state index contributed by atoms with van der Waals surface area (Å²) in [4.78, 5) is 60.5. The number of rotatable bonds is 11. The Bertz CT molecular complexity index is 844. The topological polar surface area (TPSA) is 133 Å². The van der Waals surface area contributed by atoms with Crippen molar-refractivity contribution in [3.05, 3.63) is 22.9 Å². The predicted octanol–water partition coefficient (Wildman–Crippen LogP) is 1.54. The average Bonchev–Trinajstić information content (AvgIpc) is 2.97. The van der Waals surface area contributed by atoms with Crippen LogP contribution in [-0.4, -0.2) is 52.2 Å². The number of nitrogens with zero attached hydrogens (tertiary/aromatic N) is 1. The molecule has 0 aromatic rings. The third-order valence-electron chi connectivity index (χ3n) is 5.91. The summed E-state index contributed by atoms with van der Waals surface area (Å²) in [6.07, 6.45) is 9.06. The number of amides is 4. The van der Waals surface area contributed by atoms with E-state index in [1.807, 2.05) is 0 Å². The SMILES string of the molecule is O=C(O)CCCCCCCCNC1=CC2=C(CC1)C(=O)N(C1CCC(=O)NC1=O)C2=O. The van der Waals surface area contributed by atoms with Crippen molar-refractivity contribution in [3.63, 3.8) is 0 Å². The molecule has 0 aromatic carbocycles. The minimum atomic E-state index is -0.927. The summed E-state index contributed by atoms with van der Waals surface area (Å²) in [5.74, 6) is -2.61. The summed E-state index contributed by atoms with van der Waals surface area (Å²) < 4.78 is 0. The number of piperidine rings is 1. The van der Waals surface area contributed by atoms with Crippen LogP contribution in [0.3, 0.4) is 0 Å². The molecule has 1 unspecified atom stereocenters. The first kappa shape index (κ1) is 22.7. The molecule has 1 fully saturated rings. The van der Waals surface area contributed by atoms with E-state index in [2.05, 4.69) is 10.6 Å². The van der Waals surface area contributed by atoms with Crippen molar-refractivity contribution in [2.75, 3.05) is 6.54 Å². The van der Waals surface area contributed by atoms with Crippen molar-refractivity contribution < 1.29 is 29.1 Å². The molecule has 0 bridgehead atoms. The smallest absolute Gasteiger partial charge is 0.303 e. The Morgan fingerprint density at radius 3 is 2.42 bits per heavy atom. The van der Waals surface area contributed by atoms with Crippen LogP contribution in [-0.2, 0) is 24.0 Å². The fourth-order valence-corrected chi connectivity index (χ4v) is 4.22. The largest absolute Gasteiger partial charge is 0.481 e. The van der Waals surface area contributed by atoms with E-state index in [0.717, 1.165) is 55.7 Å². The molecule has 3 rings (SSSR count). The number of imide groups is 2. The minimum absolute atomic E-state index is 0.111. The van der Waals surface area contributed by atoms with Crippen LogP contribution in [0.2, 0.25) is 0 Å². The highest BCUT2D eigenvalue weighted by Gasteiger charge is 2.46. The molecule has 4 amide bonds. The molecular formula is C22H29N3O6. The van der Waals surface area contributed by atoms with Crippen molar-refractivity contribution in [2.24, 2.45) is 0 Å². The second kappa shape index (κ2) is 10.4. The summed E-state index contributed by atoms with van der Waals surface area (Å²) in [6, 6.07) is -0.927. The maximum Gasteiger partial charge on any atom is 0.303 e. The lowest BCUT2D eigenvalue weighted by atomic mass is 9.97. The van der Waals surface area contributed by atoms with E-state index in [9.17, 15) is 24.0 Å². The fourth-order valence-electron chi connectivity index (χ4n) is 4.22. The summed E-state index contributed by atoms with van der Waals surface area (Å²) in [6.45, 7) is 0.766. The zero-order chi connectivity index (χ0) is 22.4. The molecule has 0 aromatic heterocycles. The van der Waals surface area contributed by atoms with Gasteiger partial charge in [0.25, 0.3) is 11.8 Å². The van der Waals surface area contributed by atoms with Crippen molar-refractivity contribution in [1.29, 1.82) is 0 Å². The van der Waals surface area contributed by atoms with Crippen LogP contribution in [0.5, 0.6) is 0 Å². The van der Waals surface area contributed by atoms with Crippen LogP contribution < -0.4 is 10.6 Å². The molecule has 2 aliphatic heterocycles. The summed E-state index contributed by atoms with van der Waals surface area (Å²) >= 11 is 0. The lowest BCUT2D eigenvalue weighted by molar-refractivity contribution is -0.150. The highest BCUT2D eigenvalue weighted by molar-refractivity contribution is 6.23. The van der Waals surface area contributed by atoms with E-state index in [0.29, 0.717) is 24.0 Å². The van der Waals surface area contributed by atoms with Gasteiger partial charge in [-0.25, -0.2) is 0 Å². The van der Waals surface area contributed by atoms with E-state index in [1.165, 1.54) is 0 Å². The van der Waals surface area contributed by atoms with Gasteiger partial charge in [-0.15, -0.1) is 0 Å². The lowest BCUT2D eigenvalue weighted by Crippen LogP contribution is -2.54. The molecule has 0 spiro atoms. The van der Waals surface area contributed by atoms with Crippen molar-refractivity contribution in [3.8, 4) is 0 Å². The second-order valence-electron chi connectivity index (χ2n) is 8.20. The highest BCUT2D eigenvalue weighted by atomic mass is 16.4. The molecule has 0 radical (unpaired) electrons. The van der Waals surface area contributed by atoms with Crippen molar-refractivity contribution in [1.82, 2.24) is 15.5 Å². The van der Waals surface area contributed by atoms with Gasteiger partial charge in [0.1, 0.15) is 6.04 Å². The van der Waals surface area contributed by atoms with Gasteiger partial charge >= 0.3 is 5.97 Å². The number of hydrogen-bond acceptors (Lipinski definition) is 6. The number of allylic oxidation sites excluding steroid dienone is 1. The quantitative estimate of drug-likeness (QED) is 0.334. The third-order valence-corrected chi connectivity index (χ3v) is 5.91. The molecule has 3 N–H and O–H groups in total. The zero-order valence-electron chi connectivity index (χ0n) is 17.6. The van der Waals surface area contributed by atoms with E-state index < -0.39 is 29.7 Å². The number of unbranched alkanes of at least 4 members (excludes halogenated alkanes) is 5. The maximum absolute atomic E-state index is 12.8. The van der Waals surface area contributed by atoms with Crippen LogP contribution in [0.4, 0.5) is 0 Å². The molecule has 9 heteroatoms. The molecule has 3 aliphatic rings. The first-order valence-corrected chi connectivity index (χ1v) is 11.0. The fraction of sp³-hybridized carbons (Fsp3) is 0.591. The molecule has 1 saturated heterocycles. The van der Waals surface area contributed by atoms with Gasteiger partial charge in [-0.05, 0) is 38.2 Å². The van der Waals surface area contributed by atoms with Crippen LogP contribution in [0, 0.1) is 0 Å². The Kier molecular flexibility index (Phi) is 7.59. The standard InChI is InChI=1S/C22H29N3O6/c26-18-11-10-17(20(29)24-18)25-21(30)15-9-8-14(13-16(15)22(25)31)23-12-6-4-2-1-3-5-7-19(27)28/h13,17,23H,1-12H2,(H,27,28)(H,24,26,29). The number of nitrogens with one attached hydrogen (secondary N) is 2. The third kappa shape index (κ3) is 5.59. The lowest BCUT2D eigenvalue weighted by Gasteiger charge is -2.28. The molecule has 1 atom stereocenters. The molecule has 168 valence electrons. The summed E-state index contributed by atoms with van der Waals surface area (Å²) in [5, 5.41) is 14.2. The Balaban J connectivity index is 1.44. The minimum Gasteiger partial charge on any atom is -0.481 e. The van der Waals surface area contributed by atoms with E-state index in [-0.39, 0.29) is 25.2 Å². The first-order valence-electron chi connectivity index (χ1n) is 11.0. The second-order valence-corrected chi connectivity index (χ2v) is 8.20. The van der Waals surface area contributed by atoms with Crippen LogP contribution in [0.1, 0.15) is 70.6 Å². The van der Waals surface area contributed by atoms with Crippen LogP contribution >= 0.6 is 0 Å². The van der Waals surface area contributed by atoms with Gasteiger partial charge in [0.05, 0.1) is 5.57 Å². The number of hydrogen-bond donors (Lipinski definition) is 3. The molecule has 31 heavy (non-hydrogen) atoms. The number of carboxylic acid groups (broad SMARTS) is 1. The Labute approximate surface area is 180 Å².